The second-order valence-corrected chi connectivity index (χ2v) is 5.68. The molecule has 0 aromatic heterocycles. The number of carbonyl (C=O) groups excluding carboxylic acids is 1. The number of benzene rings is 2. The summed E-state index contributed by atoms with van der Waals surface area (Å²) in [5.74, 6) is -0.635. The second-order valence-electron chi connectivity index (χ2n) is 5.68. The van der Waals surface area contributed by atoms with Gasteiger partial charge in [0.25, 0.3) is 5.91 Å². The molecule has 0 aliphatic carbocycles. The summed E-state index contributed by atoms with van der Waals surface area (Å²) in [6, 6.07) is 10.7. The van der Waals surface area contributed by atoms with E-state index in [4.69, 9.17) is 4.74 Å². The summed E-state index contributed by atoms with van der Waals surface area (Å²) in [5.41, 5.74) is 1.62. The van der Waals surface area contributed by atoms with Gasteiger partial charge in [0.15, 0.2) is 18.1 Å². The first-order chi connectivity index (χ1) is 11.5. The minimum Gasteiger partial charge on any atom is -0.494 e. The van der Waals surface area contributed by atoms with Crippen LogP contribution in [0, 0.1) is 11.6 Å². The Morgan fingerprint density at radius 2 is 1.79 bits per heavy atom. The number of amides is 1. The molecule has 0 aliphatic rings. The number of methoxy groups -OCH3 is 1. The molecule has 6 heteroatoms. The summed E-state index contributed by atoms with van der Waals surface area (Å²) in [4.78, 5) is 12.9. The predicted octanol–water partition coefficient (Wildman–Crippen LogP) is 1.30. The SMILES string of the molecule is COc1ccc(C[NH+](C)CC(=O)NCc2ccc(F)cc2)cc1F. The lowest BCUT2D eigenvalue weighted by atomic mass is 10.2. The Kier molecular flexibility index (Phi) is 6.26. The normalized spacial score (nSPS) is 11.8. The van der Waals surface area contributed by atoms with Crippen LogP contribution in [0.3, 0.4) is 0 Å². The second kappa shape index (κ2) is 8.40. The molecule has 1 atom stereocenters. The predicted molar refractivity (Wildman–Crippen MR) is 86.7 cm³/mol. The topological polar surface area (TPSA) is 42.8 Å². The summed E-state index contributed by atoms with van der Waals surface area (Å²) >= 11 is 0. The molecule has 128 valence electrons. The molecule has 1 unspecified atom stereocenters. The van der Waals surface area contributed by atoms with Crippen molar-refractivity contribution in [2.24, 2.45) is 0 Å². The minimum absolute atomic E-state index is 0.120. The van der Waals surface area contributed by atoms with Crippen LogP contribution in [0.15, 0.2) is 42.5 Å². The van der Waals surface area contributed by atoms with Crippen molar-refractivity contribution in [3.8, 4) is 5.75 Å². The number of rotatable bonds is 7. The Morgan fingerprint density at radius 3 is 2.42 bits per heavy atom. The Hall–Kier alpha value is -2.47. The highest BCUT2D eigenvalue weighted by Gasteiger charge is 2.12. The molecule has 0 saturated heterocycles. The van der Waals surface area contributed by atoms with Crippen LogP contribution in [0.25, 0.3) is 0 Å². The molecule has 0 fully saturated rings. The van der Waals surface area contributed by atoms with Crippen LogP contribution >= 0.6 is 0 Å². The van der Waals surface area contributed by atoms with Crippen LogP contribution in [0.5, 0.6) is 5.75 Å². The largest absolute Gasteiger partial charge is 0.494 e. The third-order valence-electron chi connectivity index (χ3n) is 3.59. The van der Waals surface area contributed by atoms with Gasteiger partial charge in [-0.2, -0.15) is 0 Å². The third kappa shape index (κ3) is 5.31. The van der Waals surface area contributed by atoms with Crippen molar-refractivity contribution in [1.29, 1.82) is 0 Å². The molecule has 0 saturated carbocycles. The van der Waals surface area contributed by atoms with Crippen molar-refractivity contribution in [2.75, 3.05) is 20.7 Å². The van der Waals surface area contributed by atoms with Gasteiger partial charge in [0.1, 0.15) is 12.4 Å². The van der Waals surface area contributed by atoms with Gasteiger partial charge in [0, 0.05) is 12.1 Å². The van der Waals surface area contributed by atoms with Gasteiger partial charge < -0.3 is 15.0 Å². The molecule has 1 amide bonds. The lowest BCUT2D eigenvalue weighted by Gasteiger charge is -2.14. The molecule has 4 nitrogen and oxygen atoms in total. The molecule has 0 bridgehead atoms. The Bertz CT molecular complexity index is 690. The van der Waals surface area contributed by atoms with Crippen LogP contribution < -0.4 is 15.0 Å². The van der Waals surface area contributed by atoms with Gasteiger partial charge in [-0.1, -0.05) is 12.1 Å². The number of hydrogen-bond donors (Lipinski definition) is 2. The van der Waals surface area contributed by atoms with Crippen LogP contribution in [-0.4, -0.2) is 26.6 Å². The zero-order valence-corrected chi connectivity index (χ0v) is 13.7. The lowest BCUT2D eigenvalue weighted by molar-refractivity contribution is -0.885. The van der Waals surface area contributed by atoms with E-state index in [0.29, 0.717) is 13.1 Å². The summed E-state index contributed by atoms with van der Waals surface area (Å²) in [6.07, 6.45) is 0. The number of hydrogen-bond acceptors (Lipinski definition) is 2. The number of likely N-dealkylation sites (N-methyl/N-ethyl adjacent to an activating group) is 1. The number of halogens is 2. The van der Waals surface area contributed by atoms with Crippen molar-refractivity contribution < 1.29 is 23.2 Å². The standard InChI is InChI=1S/C18H20F2N2O2/c1-22(11-14-5-8-17(24-2)16(20)9-14)12-18(23)21-10-13-3-6-15(19)7-4-13/h3-9H,10-12H2,1-2H3,(H,21,23)/p+1. The van der Waals surface area contributed by atoms with E-state index in [2.05, 4.69) is 5.32 Å². The summed E-state index contributed by atoms with van der Waals surface area (Å²) in [7, 11) is 3.28. The zero-order chi connectivity index (χ0) is 17.5. The van der Waals surface area contributed by atoms with E-state index in [0.717, 1.165) is 16.0 Å². The van der Waals surface area contributed by atoms with Crippen LogP contribution in [0.1, 0.15) is 11.1 Å². The van der Waals surface area contributed by atoms with Gasteiger partial charge in [-0.25, -0.2) is 8.78 Å². The molecule has 0 aliphatic heterocycles. The minimum atomic E-state index is -0.413. The smallest absolute Gasteiger partial charge is 0.275 e. The molecule has 0 spiro atoms. The average Bonchev–Trinajstić information content (AvgIpc) is 2.54. The first kappa shape index (κ1) is 17.9. The highest BCUT2D eigenvalue weighted by molar-refractivity contribution is 5.76. The van der Waals surface area contributed by atoms with E-state index in [1.165, 1.54) is 25.3 Å². The lowest BCUT2D eigenvalue weighted by Crippen LogP contribution is -3.08. The Balaban J connectivity index is 1.80. The maximum absolute atomic E-state index is 13.7. The van der Waals surface area contributed by atoms with E-state index < -0.39 is 5.82 Å². The number of ether oxygens (including phenoxy) is 1. The van der Waals surface area contributed by atoms with Gasteiger partial charge in [-0.3, -0.25) is 4.79 Å². The van der Waals surface area contributed by atoms with E-state index in [9.17, 15) is 13.6 Å². The summed E-state index contributed by atoms with van der Waals surface area (Å²) in [6.45, 7) is 1.13. The van der Waals surface area contributed by atoms with Crippen molar-refractivity contribution in [3.05, 3.63) is 65.2 Å². The Labute approximate surface area is 140 Å². The van der Waals surface area contributed by atoms with Crippen LogP contribution in [-0.2, 0) is 17.9 Å². The van der Waals surface area contributed by atoms with Gasteiger partial charge in [0.2, 0.25) is 0 Å². The van der Waals surface area contributed by atoms with Crippen molar-refractivity contribution in [2.45, 2.75) is 13.1 Å². The first-order valence-electron chi connectivity index (χ1n) is 7.63. The van der Waals surface area contributed by atoms with Gasteiger partial charge >= 0.3 is 0 Å². The Morgan fingerprint density at radius 1 is 1.12 bits per heavy atom. The number of carbonyl (C=O) groups is 1. The molecular weight excluding hydrogens is 314 g/mol. The molecule has 2 aromatic rings. The van der Waals surface area contributed by atoms with E-state index in [1.54, 1.807) is 24.3 Å². The van der Waals surface area contributed by atoms with Crippen molar-refractivity contribution in [1.82, 2.24) is 5.32 Å². The average molecular weight is 335 g/mol. The molecule has 0 radical (unpaired) electrons. The zero-order valence-electron chi connectivity index (χ0n) is 13.7. The van der Waals surface area contributed by atoms with E-state index in [-0.39, 0.29) is 24.0 Å². The fourth-order valence-electron chi connectivity index (χ4n) is 2.37. The molecule has 2 rings (SSSR count). The first-order valence-corrected chi connectivity index (χ1v) is 7.63. The summed E-state index contributed by atoms with van der Waals surface area (Å²) in [5, 5.41) is 2.79. The van der Waals surface area contributed by atoms with E-state index in [1.807, 2.05) is 7.05 Å². The fraction of sp³-hybridized carbons (Fsp3) is 0.278. The van der Waals surface area contributed by atoms with Gasteiger partial charge in [-0.05, 0) is 35.9 Å². The molecule has 2 aromatic carbocycles. The third-order valence-corrected chi connectivity index (χ3v) is 3.59. The molecule has 0 heterocycles. The van der Waals surface area contributed by atoms with Gasteiger partial charge in [0.05, 0.1) is 14.2 Å². The quantitative estimate of drug-likeness (QED) is 0.801. The highest BCUT2D eigenvalue weighted by Crippen LogP contribution is 2.17. The fourth-order valence-corrected chi connectivity index (χ4v) is 2.37. The van der Waals surface area contributed by atoms with Crippen LogP contribution in [0.2, 0.25) is 0 Å². The van der Waals surface area contributed by atoms with E-state index >= 15 is 0 Å². The highest BCUT2D eigenvalue weighted by atomic mass is 19.1. The monoisotopic (exact) mass is 335 g/mol. The number of nitrogens with one attached hydrogen (secondary N) is 2. The van der Waals surface area contributed by atoms with Crippen molar-refractivity contribution >= 4 is 5.91 Å². The van der Waals surface area contributed by atoms with Crippen molar-refractivity contribution in [3.63, 3.8) is 0 Å². The number of quaternary nitrogens is 1. The molecule has 24 heavy (non-hydrogen) atoms. The van der Waals surface area contributed by atoms with Gasteiger partial charge in [-0.15, -0.1) is 0 Å². The summed E-state index contributed by atoms with van der Waals surface area (Å²) < 4.78 is 31.4. The maximum atomic E-state index is 13.7. The molecular formula is C18H21F2N2O2+. The van der Waals surface area contributed by atoms with Crippen LogP contribution in [0.4, 0.5) is 8.78 Å². The maximum Gasteiger partial charge on any atom is 0.275 e. The molecule has 2 N–H and O–H groups in total.